The molecular formula is C14H8N2O3. The maximum absolute atomic E-state index is 12.0. The summed E-state index contributed by atoms with van der Waals surface area (Å²) in [6.07, 6.45) is 1.77. The zero-order chi connectivity index (χ0) is 13.1. The van der Waals surface area contributed by atoms with Crippen molar-refractivity contribution in [3.05, 3.63) is 57.1 Å². The highest BCUT2D eigenvalue weighted by atomic mass is 16.3. The molecule has 3 heterocycles. The summed E-state index contributed by atoms with van der Waals surface area (Å²) in [4.78, 5) is 26.7. The molecule has 0 fully saturated rings. The molecule has 4 rings (SSSR count). The number of aromatic hydroxyl groups is 1. The lowest BCUT2D eigenvalue weighted by Crippen LogP contribution is -2.11. The predicted octanol–water partition coefficient (Wildman–Crippen LogP) is 1.44. The number of aromatic nitrogens is 2. The molecule has 0 amide bonds. The Morgan fingerprint density at radius 3 is 2.74 bits per heavy atom. The Morgan fingerprint density at radius 2 is 1.89 bits per heavy atom. The molecule has 0 saturated heterocycles. The van der Waals surface area contributed by atoms with Gasteiger partial charge in [-0.3, -0.25) is 14.0 Å². The maximum atomic E-state index is 12.0. The van der Waals surface area contributed by atoms with E-state index in [1.807, 2.05) is 6.07 Å². The molecule has 0 bridgehead atoms. The Kier molecular flexibility index (Phi) is 1.67. The van der Waals surface area contributed by atoms with Crippen LogP contribution in [-0.4, -0.2) is 14.5 Å². The number of benzene rings is 1. The average Bonchev–Trinajstić information content (AvgIpc) is 2.71. The Morgan fingerprint density at radius 1 is 1.05 bits per heavy atom. The molecule has 0 radical (unpaired) electrons. The minimum absolute atomic E-state index is 0.197. The molecule has 5 heteroatoms. The van der Waals surface area contributed by atoms with Crippen LogP contribution < -0.4 is 11.0 Å². The van der Waals surface area contributed by atoms with Crippen LogP contribution in [0.3, 0.4) is 0 Å². The summed E-state index contributed by atoms with van der Waals surface area (Å²) in [5.41, 5.74) is 1.37. The van der Waals surface area contributed by atoms with Gasteiger partial charge < -0.3 is 10.1 Å². The Labute approximate surface area is 105 Å². The third-order valence-corrected chi connectivity index (χ3v) is 3.44. The predicted molar refractivity (Wildman–Crippen MR) is 72.2 cm³/mol. The first kappa shape index (κ1) is 10.1. The van der Waals surface area contributed by atoms with Crippen LogP contribution in [0.1, 0.15) is 0 Å². The van der Waals surface area contributed by atoms with Crippen LogP contribution in [0.15, 0.2) is 46.1 Å². The molecule has 0 aliphatic rings. The Hall–Kier alpha value is -2.82. The summed E-state index contributed by atoms with van der Waals surface area (Å²) in [5, 5.41) is 11.1. The molecule has 92 valence electrons. The van der Waals surface area contributed by atoms with E-state index in [1.165, 1.54) is 22.6 Å². The van der Waals surface area contributed by atoms with E-state index in [2.05, 4.69) is 4.98 Å². The normalized spacial score (nSPS) is 11.8. The highest BCUT2D eigenvalue weighted by Crippen LogP contribution is 2.29. The molecule has 0 unspecified atom stereocenters. The molecule has 0 aliphatic carbocycles. The van der Waals surface area contributed by atoms with Gasteiger partial charge in [-0.1, -0.05) is 0 Å². The lowest BCUT2D eigenvalue weighted by atomic mass is 10.1. The number of nitrogens with one attached hydrogen (secondary N) is 1. The summed E-state index contributed by atoms with van der Waals surface area (Å²) in [5.74, 6) is -0.305. The minimum atomic E-state index is -0.487. The van der Waals surface area contributed by atoms with Crippen molar-refractivity contribution in [2.75, 3.05) is 0 Å². The monoisotopic (exact) mass is 252 g/mol. The molecule has 0 atom stereocenters. The third kappa shape index (κ3) is 1.14. The highest BCUT2D eigenvalue weighted by Gasteiger charge is 2.14. The molecule has 19 heavy (non-hydrogen) atoms. The number of nitrogens with zero attached hydrogens (tertiary/aromatic N) is 1. The van der Waals surface area contributed by atoms with E-state index < -0.39 is 5.43 Å². The average molecular weight is 252 g/mol. The fourth-order valence-electron chi connectivity index (χ4n) is 2.63. The molecule has 0 aliphatic heterocycles. The number of rotatable bonds is 0. The topological polar surface area (TPSA) is 74.6 Å². The number of phenols is 1. The van der Waals surface area contributed by atoms with Crippen LogP contribution in [0.2, 0.25) is 0 Å². The van der Waals surface area contributed by atoms with Gasteiger partial charge in [-0.2, -0.15) is 0 Å². The van der Waals surface area contributed by atoms with Crippen molar-refractivity contribution < 1.29 is 5.11 Å². The van der Waals surface area contributed by atoms with Crippen molar-refractivity contribution in [1.29, 1.82) is 0 Å². The number of fused-ring (bicyclic) bond motifs is 3. The first-order chi connectivity index (χ1) is 9.16. The van der Waals surface area contributed by atoms with E-state index in [4.69, 9.17) is 0 Å². The van der Waals surface area contributed by atoms with Gasteiger partial charge in [-0.25, -0.2) is 0 Å². The van der Waals surface area contributed by atoms with Crippen molar-refractivity contribution >= 4 is 27.3 Å². The van der Waals surface area contributed by atoms with Gasteiger partial charge in [-0.15, -0.1) is 0 Å². The Bertz CT molecular complexity index is 1060. The van der Waals surface area contributed by atoms with Crippen LogP contribution in [0.25, 0.3) is 27.3 Å². The highest BCUT2D eigenvalue weighted by molar-refractivity contribution is 6.13. The van der Waals surface area contributed by atoms with E-state index >= 15 is 0 Å². The van der Waals surface area contributed by atoms with Crippen molar-refractivity contribution in [3.63, 3.8) is 0 Å². The van der Waals surface area contributed by atoms with Crippen LogP contribution in [0.5, 0.6) is 5.75 Å². The van der Waals surface area contributed by atoms with Gasteiger partial charge in [0.2, 0.25) is 5.43 Å². The van der Waals surface area contributed by atoms with Gasteiger partial charge in [0.25, 0.3) is 5.56 Å². The fraction of sp³-hybridized carbons (Fsp3) is 0. The van der Waals surface area contributed by atoms with Gasteiger partial charge in [0.15, 0.2) is 5.75 Å². The van der Waals surface area contributed by atoms with Gasteiger partial charge in [0.1, 0.15) is 0 Å². The van der Waals surface area contributed by atoms with E-state index in [0.717, 1.165) is 16.4 Å². The van der Waals surface area contributed by atoms with Gasteiger partial charge in [-0.05, 0) is 18.2 Å². The van der Waals surface area contributed by atoms with Crippen LogP contribution in [0, 0.1) is 0 Å². The maximum Gasteiger partial charge on any atom is 0.255 e. The molecule has 5 nitrogen and oxygen atoms in total. The summed E-state index contributed by atoms with van der Waals surface area (Å²) in [7, 11) is 0. The van der Waals surface area contributed by atoms with Gasteiger partial charge >= 0.3 is 0 Å². The van der Waals surface area contributed by atoms with Crippen LogP contribution in [-0.2, 0) is 0 Å². The smallest absolute Gasteiger partial charge is 0.255 e. The number of phenolic OH excluding ortho intramolecular Hbond substituents is 1. The fourth-order valence-corrected chi connectivity index (χ4v) is 2.63. The second-order valence-electron chi connectivity index (χ2n) is 4.50. The quantitative estimate of drug-likeness (QED) is 0.497. The summed E-state index contributed by atoms with van der Waals surface area (Å²) in [6, 6.07) is 7.70. The molecule has 3 aromatic heterocycles. The minimum Gasteiger partial charge on any atom is -0.504 e. The first-order valence-corrected chi connectivity index (χ1v) is 5.78. The summed E-state index contributed by atoms with van der Waals surface area (Å²) in [6.45, 7) is 0. The van der Waals surface area contributed by atoms with Crippen LogP contribution in [0.4, 0.5) is 0 Å². The Balaban J connectivity index is 2.52. The zero-order valence-electron chi connectivity index (χ0n) is 9.68. The standard InChI is InChI=1S/C14H8N2O3/c17-11-5-8-7-3-4-15-9-1-2-13(19)16(14(7)9)10(8)6-12(11)18/h1-6,15,17H. The molecular weight excluding hydrogens is 244 g/mol. The van der Waals surface area contributed by atoms with Crippen molar-refractivity contribution in [2.24, 2.45) is 0 Å². The summed E-state index contributed by atoms with van der Waals surface area (Å²) >= 11 is 0. The van der Waals surface area contributed by atoms with E-state index in [9.17, 15) is 14.7 Å². The molecule has 0 spiro atoms. The molecule has 2 N–H and O–H groups in total. The van der Waals surface area contributed by atoms with Crippen molar-refractivity contribution in [1.82, 2.24) is 9.38 Å². The molecule has 1 aromatic carbocycles. The third-order valence-electron chi connectivity index (χ3n) is 3.44. The van der Waals surface area contributed by atoms with Gasteiger partial charge in [0.05, 0.1) is 16.6 Å². The second kappa shape index (κ2) is 3.14. The molecule has 4 aromatic rings. The second-order valence-corrected chi connectivity index (χ2v) is 4.50. The van der Waals surface area contributed by atoms with Crippen LogP contribution >= 0.6 is 0 Å². The van der Waals surface area contributed by atoms with E-state index in [1.54, 1.807) is 12.3 Å². The lowest BCUT2D eigenvalue weighted by molar-refractivity contribution is 0.471. The summed E-state index contributed by atoms with van der Waals surface area (Å²) < 4.78 is 1.50. The zero-order valence-corrected chi connectivity index (χ0v) is 9.68. The van der Waals surface area contributed by atoms with Crippen molar-refractivity contribution in [3.8, 4) is 5.75 Å². The van der Waals surface area contributed by atoms with Crippen molar-refractivity contribution in [2.45, 2.75) is 0 Å². The largest absolute Gasteiger partial charge is 0.504 e. The number of pyridine rings is 2. The first-order valence-electron chi connectivity index (χ1n) is 5.78. The number of hydrogen-bond acceptors (Lipinski definition) is 3. The van der Waals surface area contributed by atoms with Gasteiger partial charge in [0, 0.05) is 29.1 Å². The molecule has 0 saturated carbocycles. The number of aromatic amines is 1. The SMILES string of the molecule is O=c1cc2c(cc1O)c1cc[nH]c3ccc(=O)n2c31. The van der Waals surface area contributed by atoms with E-state index in [0.29, 0.717) is 10.9 Å². The number of H-pyrrole nitrogens is 1. The van der Waals surface area contributed by atoms with E-state index in [-0.39, 0.29) is 11.3 Å². The lowest BCUT2D eigenvalue weighted by Gasteiger charge is -1.99. The number of hydrogen-bond donors (Lipinski definition) is 2.